The number of amides is 1. The summed E-state index contributed by atoms with van der Waals surface area (Å²) in [5.74, 6) is 0.350. The Balaban J connectivity index is 1.34. The van der Waals surface area contributed by atoms with E-state index in [1.807, 2.05) is 30.3 Å². The summed E-state index contributed by atoms with van der Waals surface area (Å²) in [7, 11) is 0. The topological polar surface area (TPSA) is 93.3 Å². The minimum absolute atomic E-state index is 0.0648. The van der Waals surface area contributed by atoms with Crippen LogP contribution in [0.4, 0.5) is 4.39 Å². The smallest absolute Gasteiger partial charge is 0.221 e. The van der Waals surface area contributed by atoms with E-state index in [0.717, 1.165) is 16.8 Å². The van der Waals surface area contributed by atoms with E-state index in [2.05, 4.69) is 15.3 Å². The molecule has 1 amide bonds. The van der Waals surface area contributed by atoms with E-state index in [-0.39, 0.29) is 37.0 Å². The molecular weight excluding hydrogens is 473 g/mol. The summed E-state index contributed by atoms with van der Waals surface area (Å²) in [6.45, 7) is 0.402. The van der Waals surface area contributed by atoms with E-state index in [0.29, 0.717) is 24.5 Å². The zero-order valence-corrected chi connectivity index (χ0v) is 20.2. The second-order valence-electron chi connectivity index (χ2n) is 8.54. The lowest BCUT2D eigenvalue weighted by molar-refractivity contribution is -0.129. The number of benzene rings is 3. The average molecular weight is 502 g/mol. The van der Waals surface area contributed by atoms with Gasteiger partial charge in [-0.15, -0.1) is 0 Å². The van der Waals surface area contributed by atoms with Gasteiger partial charge in [-0.3, -0.25) is 9.59 Å². The SMILES string of the molecule is O=C(CCc1cnc[nH]1)N[C@@H](COCc1ccccc1)C(=O)Cc1ccc(Oc2ccc(F)cc2)cc1. The van der Waals surface area contributed by atoms with Crippen molar-refractivity contribution in [1.82, 2.24) is 15.3 Å². The molecule has 0 fully saturated rings. The number of carbonyl (C=O) groups is 2. The standard InChI is InChI=1S/C29H28FN3O4/c30-23-8-13-26(14-9-23)37-25-11-6-21(7-12-25)16-28(34)27(19-36-18-22-4-2-1-3-5-22)33-29(35)15-10-24-17-31-20-32-24/h1-9,11-14,17,20,27H,10,15-16,18-19H2,(H,31,32)(H,33,35)/t27-/m0/s1. The van der Waals surface area contributed by atoms with E-state index in [9.17, 15) is 14.0 Å². The van der Waals surface area contributed by atoms with Gasteiger partial charge in [0, 0.05) is 24.7 Å². The van der Waals surface area contributed by atoms with Crippen LogP contribution in [0.15, 0.2) is 91.4 Å². The third kappa shape index (κ3) is 8.40. The van der Waals surface area contributed by atoms with Crippen molar-refractivity contribution < 1.29 is 23.5 Å². The van der Waals surface area contributed by atoms with Crippen LogP contribution in [0.25, 0.3) is 0 Å². The maximum atomic E-state index is 13.2. The Morgan fingerprint density at radius 1 is 0.919 bits per heavy atom. The lowest BCUT2D eigenvalue weighted by Gasteiger charge is -2.18. The number of Topliss-reactive ketones (excluding diaryl/α,β-unsaturated/α-hetero) is 1. The summed E-state index contributed by atoms with van der Waals surface area (Å²) in [4.78, 5) is 32.7. The number of carbonyl (C=O) groups excluding carboxylic acids is 2. The highest BCUT2D eigenvalue weighted by Gasteiger charge is 2.21. The number of rotatable bonds is 13. The molecule has 0 radical (unpaired) electrons. The summed E-state index contributed by atoms with van der Waals surface area (Å²) in [6, 6.07) is 21.7. The quantitative estimate of drug-likeness (QED) is 0.275. The summed E-state index contributed by atoms with van der Waals surface area (Å²) >= 11 is 0. The van der Waals surface area contributed by atoms with Crippen LogP contribution < -0.4 is 10.1 Å². The van der Waals surface area contributed by atoms with Crippen molar-refractivity contribution in [3.05, 3.63) is 114 Å². The van der Waals surface area contributed by atoms with Crippen molar-refractivity contribution in [2.24, 2.45) is 0 Å². The normalized spacial score (nSPS) is 11.6. The zero-order valence-electron chi connectivity index (χ0n) is 20.2. The van der Waals surface area contributed by atoms with Gasteiger partial charge in [0.1, 0.15) is 23.4 Å². The van der Waals surface area contributed by atoms with E-state index in [1.165, 1.54) is 12.1 Å². The largest absolute Gasteiger partial charge is 0.457 e. The molecule has 0 aliphatic rings. The molecule has 2 N–H and O–H groups in total. The number of hydrogen-bond acceptors (Lipinski definition) is 5. The monoisotopic (exact) mass is 501 g/mol. The number of imidazole rings is 1. The summed E-state index contributed by atoms with van der Waals surface area (Å²) < 4.78 is 24.6. The van der Waals surface area contributed by atoms with Gasteiger partial charge in [-0.05, 0) is 53.9 Å². The van der Waals surface area contributed by atoms with Crippen LogP contribution in [0.5, 0.6) is 11.5 Å². The molecule has 0 spiro atoms. The summed E-state index contributed by atoms with van der Waals surface area (Å²) in [5.41, 5.74) is 2.61. The molecule has 0 saturated heterocycles. The maximum Gasteiger partial charge on any atom is 0.221 e. The number of hydrogen-bond donors (Lipinski definition) is 2. The van der Waals surface area contributed by atoms with Gasteiger partial charge in [0.15, 0.2) is 5.78 Å². The average Bonchev–Trinajstić information content (AvgIpc) is 3.44. The molecule has 1 aromatic heterocycles. The number of aromatic amines is 1. The fourth-order valence-corrected chi connectivity index (χ4v) is 3.66. The Morgan fingerprint density at radius 3 is 2.30 bits per heavy atom. The number of nitrogens with one attached hydrogen (secondary N) is 2. The number of H-pyrrole nitrogens is 1. The zero-order chi connectivity index (χ0) is 25.9. The molecule has 8 heteroatoms. The van der Waals surface area contributed by atoms with Crippen LogP contribution in [-0.2, 0) is 33.8 Å². The van der Waals surface area contributed by atoms with Gasteiger partial charge in [0.2, 0.25) is 5.91 Å². The molecule has 0 unspecified atom stereocenters. The van der Waals surface area contributed by atoms with Crippen LogP contribution in [0.3, 0.4) is 0 Å². The second-order valence-corrected chi connectivity index (χ2v) is 8.54. The molecule has 7 nitrogen and oxygen atoms in total. The van der Waals surface area contributed by atoms with E-state index >= 15 is 0 Å². The van der Waals surface area contributed by atoms with Crippen molar-refractivity contribution in [2.45, 2.75) is 31.9 Å². The Kier molecular flexibility index (Phi) is 9.15. The first-order valence-electron chi connectivity index (χ1n) is 12.0. The Hall–Kier alpha value is -4.30. The van der Waals surface area contributed by atoms with Gasteiger partial charge in [0.05, 0.1) is 19.5 Å². The van der Waals surface area contributed by atoms with Crippen molar-refractivity contribution in [2.75, 3.05) is 6.61 Å². The molecule has 0 aliphatic heterocycles. The lowest BCUT2D eigenvalue weighted by atomic mass is 10.0. The van der Waals surface area contributed by atoms with Crippen LogP contribution in [-0.4, -0.2) is 34.3 Å². The number of halogens is 1. The van der Waals surface area contributed by atoms with E-state index < -0.39 is 6.04 Å². The van der Waals surface area contributed by atoms with Crippen LogP contribution in [0.2, 0.25) is 0 Å². The number of aromatic nitrogens is 2. The predicted octanol–water partition coefficient (Wildman–Crippen LogP) is 4.79. The molecule has 1 heterocycles. The molecule has 0 aliphatic carbocycles. The van der Waals surface area contributed by atoms with Crippen LogP contribution >= 0.6 is 0 Å². The first-order valence-corrected chi connectivity index (χ1v) is 12.0. The van der Waals surface area contributed by atoms with Crippen LogP contribution in [0, 0.1) is 5.82 Å². The number of ketones is 1. The van der Waals surface area contributed by atoms with Gasteiger partial charge in [-0.25, -0.2) is 9.37 Å². The summed E-state index contributed by atoms with van der Waals surface area (Å²) in [5, 5.41) is 2.83. The molecule has 3 aromatic carbocycles. The minimum atomic E-state index is -0.784. The number of aryl methyl sites for hydroxylation is 1. The van der Waals surface area contributed by atoms with Gasteiger partial charge >= 0.3 is 0 Å². The Bertz CT molecular complexity index is 1260. The number of nitrogens with zero attached hydrogens (tertiary/aromatic N) is 1. The minimum Gasteiger partial charge on any atom is -0.457 e. The summed E-state index contributed by atoms with van der Waals surface area (Å²) in [6.07, 6.45) is 4.07. The van der Waals surface area contributed by atoms with Gasteiger partial charge < -0.3 is 19.8 Å². The third-order valence-electron chi connectivity index (χ3n) is 5.65. The van der Waals surface area contributed by atoms with Crippen molar-refractivity contribution >= 4 is 11.7 Å². The molecule has 1 atom stereocenters. The van der Waals surface area contributed by atoms with Crippen molar-refractivity contribution in [3.8, 4) is 11.5 Å². The van der Waals surface area contributed by atoms with Gasteiger partial charge in [0.25, 0.3) is 0 Å². The molecule has 0 bridgehead atoms. The predicted molar refractivity (Wildman–Crippen MR) is 137 cm³/mol. The van der Waals surface area contributed by atoms with Gasteiger partial charge in [-0.1, -0.05) is 42.5 Å². The Labute approximate surface area is 214 Å². The molecule has 0 saturated carbocycles. The second kappa shape index (κ2) is 13.1. The molecular formula is C29H28FN3O4. The molecule has 37 heavy (non-hydrogen) atoms. The third-order valence-corrected chi connectivity index (χ3v) is 5.65. The highest BCUT2D eigenvalue weighted by Crippen LogP contribution is 2.22. The fraction of sp³-hybridized carbons (Fsp3) is 0.207. The lowest BCUT2D eigenvalue weighted by Crippen LogP contribution is -2.44. The first kappa shape index (κ1) is 25.8. The highest BCUT2D eigenvalue weighted by atomic mass is 19.1. The number of ether oxygens (including phenoxy) is 2. The van der Waals surface area contributed by atoms with E-state index in [4.69, 9.17) is 9.47 Å². The molecule has 4 aromatic rings. The van der Waals surface area contributed by atoms with Crippen molar-refractivity contribution in [3.63, 3.8) is 0 Å². The Morgan fingerprint density at radius 2 is 1.62 bits per heavy atom. The maximum absolute atomic E-state index is 13.2. The highest BCUT2D eigenvalue weighted by molar-refractivity contribution is 5.90. The fourth-order valence-electron chi connectivity index (χ4n) is 3.66. The molecule has 190 valence electrons. The van der Waals surface area contributed by atoms with E-state index in [1.54, 1.807) is 48.9 Å². The van der Waals surface area contributed by atoms with Crippen molar-refractivity contribution in [1.29, 1.82) is 0 Å². The first-order chi connectivity index (χ1) is 18.0. The van der Waals surface area contributed by atoms with Crippen LogP contribution in [0.1, 0.15) is 23.2 Å². The van der Waals surface area contributed by atoms with Gasteiger partial charge in [-0.2, -0.15) is 0 Å². The molecule has 4 rings (SSSR count).